The molecule has 0 radical (unpaired) electrons. The number of nitrogens with two attached hydrogens (primary N) is 1. The Labute approximate surface area is 111 Å². The van der Waals surface area contributed by atoms with Gasteiger partial charge in [-0.25, -0.2) is 10.8 Å². The van der Waals surface area contributed by atoms with Gasteiger partial charge < -0.3 is 0 Å². The summed E-state index contributed by atoms with van der Waals surface area (Å²) in [6.07, 6.45) is -4.65. The van der Waals surface area contributed by atoms with Crippen LogP contribution in [0.5, 0.6) is 0 Å². The molecule has 102 valence electrons. The molecule has 1 rings (SSSR count). The van der Waals surface area contributed by atoms with Crippen molar-refractivity contribution in [2.75, 3.05) is 5.75 Å². The van der Waals surface area contributed by atoms with Gasteiger partial charge >= 0.3 is 6.18 Å². The first-order valence-corrected chi connectivity index (χ1v) is 5.89. The van der Waals surface area contributed by atoms with Crippen molar-refractivity contribution in [1.29, 1.82) is 5.26 Å². The van der Waals surface area contributed by atoms with Gasteiger partial charge in [-0.05, 0) is 13.0 Å². The summed E-state index contributed by atoms with van der Waals surface area (Å²) in [5.41, 5.74) is 0.305. The Balaban J connectivity index is 3.21. The molecular weight excluding hydrogens is 281 g/mol. The first kappa shape index (κ1) is 15.3. The molecule has 0 spiro atoms. The summed E-state index contributed by atoms with van der Waals surface area (Å²) >= 11 is 0.723. The lowest BCUT2D eigenvalue weighted by Crippen LogP contribution is -2.31. The molecule has 0 saturated heterocycles. The van der Waals surface area contributed by atoms with Crippen LogP contribution in [0.3, 0.4) is 0 Å². The van der Waals surface area contributed by atoms with Crippen LogP contribution in [0.25, 0.3) is 0 Å². The number of amides is 1. The quantitative estimate of drug-likeness (QED) is 0.379. The van der Waals surface area contributed by atoms with Crippen LogP contribution in [0.1, 0.15) is 16.8 Å². The number of alkyl halides is 3. The van der Waals surface area contributed by atoms with Gasteiger partial charge in [0.1, 0.15) is 11.1 Å². The second-order valence-electron chi connectivity index (χ2n) is 3.46. The number of aryl methyl sites for hydroxylation is 1. The Morgan fingerprint density at radius 1 is 1.63 bits per heavy atom. The molecular formula is C10H9F3N4OS. The first-order valence-electron chi connectivity index (χ1n) is 4.90. The minimum absolute atomic E-state index is 0.113. The van der Waals surface area contributed by atoms with Crippen LogP contribution in [0, 0.1) is 18.3 Å². The van der Waals surface area contributed by atoms with E-state index < -0.39 is 23.2 Å². The molecule has 9 heteroatoms. The van der Waals surface area contributed by atoms with E-state index in [-0.39, 0.29) is 16.5 Å². The van der Waals surface area contributed by atoms with Crippen molar-refractivity contribution in [2.24, 2.45) is 5.84 Å². The zero-order valence-electron chi connectivity index (χ0n) is 9.71. The normalized spacial score (nSPS) is 10.9. The van der Waals surface area contributed by atoms with E-state index in [0.717, 1.165) is 17.8 Å². The SMILES string of the molecule is Cc1cc(C(F)(F)F)c(C#N)c(SCC(=O)NN)n1. The lowest BCUT2D eigenvalue weighted by molar-refractivity contribution is -0.138. The minimum atomic E-state index is -4.65. The summed E-state index contributed by atoms with van der Waals surface area (Å²) in [4.78, 5) is 14.8. The van der Waals surface area contributed by atoms with Crippen LogP contribution >= 0.6 is 11.8 Å². The Hall–Kier alpha value is -1.79. The molecule has 0 aliphatic rings. The number of rotatable bonds is 3. The number of pyridine rings is 1. The number of hydrogen-bond acceptors (Lipinski definition) is 5. The molecule has 1 amide bonds. The molecule has 0 saturated carbocycles. The number of nitrogens with one attached hydrogen (secondary N) is 1. The summed E-state index contributed by atoms with van der Waals surface area (Å²) in [6, 6.07) is 2.27. The fourth-order valence-electron chi connectivity index (χ4n) is 1.26. The van der Waals surface area contributed by atoms with E-state index in [1.807, 2.05) is 5.43 Å². The highest BCUT2D eigenvalue weighted by atomic mass is 32.2. The van der Waals surface area contributed by atoms with E-state index in [2.05, 4.69) is 4.98 Å². The Morgan fingerprint density at radius 3 is 2.74 bits per heavy atom. The number of hydrogen-bond donors (Lipinski definition) is 2. The standard InChI is InChI=1S/C10H9F3N4OS/c1-5-2-7(10(11,12)13)6(3-14)9(16-5)19-4-8(18)17-15/h2H,4,15H2,1H3,(H,17,18). The fraction of sp³-hybridized carbons (Fsp3) is 0.300. The van der Waals surface area contributed by atoms with Crippen LogP contribution in [-0.4, -0.2) is 16.6 Å². The number of carbonyl (C=O) groups excluding carboxylic acids is 1. The maximum Gasteiger partial charge on any atom is 0.417 e. The van der Waals surface area contributed by atoms with Gasteiger partial charge in [-0.3, -0.25) is 10.2 Å². The number of carbonyl (C=O) groups is 1. The van der Waals surface area contributed by atoms with Crippen molar-refractivity contribution in [3.05, 3.63) is 22.9 Å². The highest BCUT2D eigenvalue weighted by molar-refractivity contribution is 8.00. The number of halogens is 3. The second-order valence-corrected chi connectivity index (χ2v) is 4.42. The van der Waals surface area contributed by atoms with Gasteiger partial charge in [-0.2, -0.15) is 18.4 Å². The molecule has 19 heavy (non-hydrogen) atoms. The smallest absolute Gasteiger partial charge is 0.294 e. The molecule has 1 heterocycles. The lowest BCUT2D eigenvalue weighted by Gasteiger charge is -2.12. The van der Waals surface area contributed by atoms with Gasteiger partial charge in [-0.1, -0.05) is 11.8 Å². The van der Waals surface area contributed by atoms with Crippen LogP contribution in [0.2, 0.25) is 0 Å². The average molecular weight is 290 g/mol. The highest BCUT2D eigenvalue weighted by Gasteiger charge is 2.35. The largest absolute Gasteiger partial charge is 0.417 e. The number of nitrogens with zero attached hydrogens (tertiary/aromatic N) is 2. The lowest BCUT2D eigenvalue weighted by atomic mass is 10.1. The number of thioether (sulfide) groups is 1. The van der Waals surface area contributed by atoms with Crippen LogP contribution in [0.4, 0.5) is 13.2 Å². The average Bonchev–Trinajstić information content (AvgIpc) is 2.34. The summed E-state index contributed by atoms with van der Waals surface area (Å²) in [7, 11) is 0. The third kappa shape index (κ3) is 3.84. The van der Waals surface area contributed by atoms with Crippen molar-refractivity contribution in [2.45, 2.75) is 18.1 Å². The second kappa shape index (κ2) is 5.90. The maximum absolute atomic E-state index is 12.8. The summed E-state index contributed by atoms with van der Waals surface area (Å²) < 4.78 is 38.3. The first-order chi connectivity index (χ1) is 8.79. The van der Waals surface area contributed by atoms with Crippen molar-refractivity contribution >= 4 is 17.7 Å². The molecule has 5 nitrogen and oxygen atoms in total. The molecule has 0 aromatic carbocycles. The Morgan fingerprint density at radius 2 is 2.26 bits per heavy atom. The van der Waals surface area contributed by atoms with Gasteiger partial charge in [0.2, 0.25) is 5.91 Å². The van der Waals surface area contributed by atoms with E-state index in [4.69, 9.17) is 11.1 Å². The molecule has 0 atom stereocenters. The zero-order valence-corrected chi connectivity index (χ0v) is 10.5. The molecule has 1 aromatic rings. The molecule has 3 N–H and O–H groups in total. The number of aromatic nitrogens is 1. The van der Waals surface area contributed by atoms with E-state index >= 15 is 0 Å². The van der Waals surface area contributed by atoms with Crippen LogP contribution in [0.15, 0.2) is 11.1 Å². The topological polar surface area (TPSA) is 91.8 Å². The Bertz CT molecular complexity index is 539. The van der Waals surface area contributed by atoms with Gasteiger partial charge in [0.15, 0.2) is 0 Å². The molecule has 0 unspecified atom stereocenters. The van der Waals surface area contributed by atoms with E-state index in [0.29, 0.717) is 0 Å². The van der Waals surface area contributed by atoms with Gasteiger partial charge in [0.25, 0.3) is 0 Å². The molecule has 1 aromatic heterocycles. The van der Waals surface area contributed by atoms with E-state index in [1.165, 1.54) is 13.0 Å². The molecule has 0 fully saturated rings. The summed E-state index contributed by atoms with van der Waals surface area (Å²) in [5.74, 6) is 4.06. The van der Waals surface area contributed by atoms with E-state index in [9.17, 15) is 18.0 Å². The van der Waals surface area contributed by atoms with E-state index in [1.54, 1.807) is 0 Å². The van der Waals surface area contributed by atoms with Crippen LogP contribution in [-0.2, 0) is 11.0 Å². The van der Waals surface area contributed by atoms with Crippen molar-refractivity contribution in [1.82, 2.24) is 10.4 Å². The van der Waals surface area contributed by atoms with Gasteiger partial charge in [-0.15, -0.1) is 0 Å². The Kier molecular flexibility index (Phi) is 4.74. The molecule has 0 aliphatic carbocycles. The van der Waals surface area contributed by atoms with Crippen LogP contribution < -0.4 is 11.3 Å². The predicted octanol–water partition coefficient (Wildman–Crippen LogP) is 1.36. The van der Waals surface area contributed by atoms with Gasteiger partial charge in [0.05, 0.1) is 16.9 Å². The third-order valence-electron chi connectivity index (χ3n) is 2.03. The van der Waals surface area contributed by atoms with Crippen molar-refractivity contribution < 1.29 is 18.0 Å². The van der Waals surface area contributed by atoms with Crippen molar-refractivity contribution in [3.63, 3.8) is 0 Å². The number of nitriles is 1. The summed E-state index contributed by atoms with van der Waals surface area (Å²) in [6.45, 7) is 1.38. The minimum Gasteiger partial charge on any atom is -0.294 e. The zero-order chi connectivity index (χ0) is 14.6. The third-order valence-corrected chi connectivity index (χ3v) is 3.01. The monoisotopic (exact) mass is 290 g/mol. The predicted molar refractivity (Wildman–Crippen MR) is 61.7 cm³/mol. The highest BCUT2D eigenvalue weighted by Crippen LogP contribution is 2.35. The molecule has 0 aliphatic heterocycles. The fourth-order valence-corrected chi connectivity index (χ4v) is 2.12. The number of hydrazine groups is 1. The summed E-state index contributed by atoms with van der Waals surface area (Å²) in [5, 5.41) is 8.71. The molecule has 0 bridgehead atoms. The maximum atomic E-state index is 12.8. The van der Waals surface area contributed by atoms with Crippen molar-refractivity contribution in [3.8, 4) is 6.07 Å². The van der Waals surface area contributed by atoms with Gasteiger partial charge in [0, 0.05) is 5.69 Å².